The maximum atomic E-state index is 10.9. The highest BCUT2D eigenvalue weighted by atomic mass is 16.5. The normalized spacial score (nSPS) is 15.0. The third-order valence-corrected chi connectivity index (χ3v) is 6.19. The molecule has 34 heavy (non-hydrogen) atoms. The van der Waals surface area contributed by atoms with E-state index in [1.165, 1.54) is 11.1 Å². The summed E-state index contributed by atoms with van der Waals surface area (Å²) < 4.78 is 11.1. The van der Waals surface area contributed by atoms with Crippen molar-refractivity contribution in [1.82, 2.24) is 9.80 Å². The average molecular weight is 457 g/mol. The van der Waals surface area contributed by atoms with E-state index in [0.717, 1.165) is 39.0 Å². The number of benzene rings is 3. The topological polar surface area (TPSA) is 42.0 Å². The molecule has 0 aliphatic carbocycles. The van der Waals surface area contributed by atoms with Gasteiger partial charge in [0.05, 0.1) is 13.2 Å². The molecule has 5 nitrogen and oxygen atoms in total. The second-order valence-electron chi connectivity index (χ2n) is 8.37. The molecular formula is C29H32N2O3. The van der Waals surface area contributed by atoms with Crippen LogP contribution in [0.15, 0.2) is 91.0 Å². The van der Waals surface area contributed by atoms with Crippen LogP contribution in [-0.4, -0.2) is 62.5 Å². The van der Waals surface area contributed by atoms with E-state index in [9.17, 15) is 4.79 Å². The molecule has 0 bridgehead atoms. The second-order valence-corrected chi connectivity index (χ2v) is 8.37. The third-order valence-electron chi connectivity index (χ3n) is 6.19. The Morgan fingerprint density at radius 2 is 1.47 bits per heavy atom. The molecule has 0 radical (unpaired) electrons. The van der Waals surface area contributed by atoms with Crippen LogP contribution < -0.4 is 9.47 Å². The fraction of sp³-hybridized carbons (Fsp3) is 0.276. The van der Waals surface area contributed by atoms with Crippen LogP contribution in [-0.2, 0) is 0 Å². The van der Waals surface area contributed by atoms with Gasteiger partial charge in [-0.15, -0.1) is 0 Å². The van der Waals surface area contributed by atoms with Crippen molar-refractivity contribution in [2.45, 2.75) is 6.04 Å². The smallest absolute Gasteiger partial charge is 0.161 e. The molecule has 0 N–H and O–H groups in total. The molecule has 0 aromatic heterocycles. The van der Waals surface area contributed by atoms with Crippen molar-refractivity contribution in [3.8, 4) is 11.5 Å². The van der Waals surface area contributed by atoms with Gasteiger partial charge in [-0.2, -0.15) is 0 Å². The quantitative estimate of drug-likeness (QED) is 0.322. The first-order chi connectivity index (χ1) is 16.8. The van der Waals surface area contributed by atoms with Gasteiger partial charge >= 0.3 is 0 Å². The largest absolute Gasteiger partial charge is 0.493 e. The van der Waals surface area contributed by atoms with Crippen LogP contribution in [0.4, 0.5) is 0 Å². The Balaban J connectivity index is 1.28. The van der Waals surface area contributed by atoms with Crippen molar-refractivity contribution in [2.24, 2.45) is 0 Å². The summed E-state index contributed by atoms with van der Waals surface area (Å²) in [5.41, 5.74) is 3.26. The number of ether oxygens (including phenoxy) is 2. The predicted molar refractivity (Wildman–Crippen MR) is 136 cm³/mol. The second kappa shape index (κ2) is 12.2. The average Bonchev–Trinajstić information content (AvgIpc) is 2.91. The molecule has 0 atom stereocenters. The van der Waals surface area contributed by atoms with Crippen LogP contribution >= 0.6 is 0 Å². The van der Waals surface area contributed by atoms with Gasteiger partial charge in [0.25, 0.3) is 0 Å². The van der Waals surface area contributed by atoms with Crippen molar-refractivity contribution < 1.29 is 14.3 Å². The Kier molecular flexibility index (Phi) is 8.49. The van der Waals surface area contributed by atoms with Crippen LogP contribution in [0.5, 0.6) is 11.5 Å². The Morgan fingerprint density at radius 3 is 2.06 bits per heavy atom. The number of carbonyl (C=O) groups excluding carboxylic acids is 1. The Labute approximate surface area is 202 Å². The van der Waals surface area contributed by atoms with Gasteiger partial charge in [-0.1, -0.05) is 72.8 Å². The highest BCUT2D eigenvalue weighted by molar-refractivity contribution is 5.76. The molecule has 3 aromatic rings. The van der Waals surface area contributed by atoms with Crippen molar-refractivity contribution >= 4 is 6.29 Å². The van der Waals surface area contributed by atoms with Crippen LogP contribution in [0.2, 0.25) is 0 Å². The van der Waals surface area contributed by atoms with E-state index in [1.807, 2.05) is 6.08 Å². The number of hydrogen-bond donors (Lipinski definition) is 0. The van der Waals surface area contributed by atoms with Crippen LogP contribution in [0, 0.1) is 0 Å². The lowest BCUT2D eigenvalue weighted by atomic mass is 9.96. The van der Waals surface area contributed by atoms with Crippen LogP contribution in [0.3, 0.4) is 0 Å². The van der Waals surface area contributed by atoms with Gasteiger partial charge < -0.3 is 9.47 Å². The number of hydrogen-bond acceptors (Lipinski definition) is 5. The first-order valence-corrected chi connectivity index (χ1v) is 11.8. The molecule has 0 spiro atoms. The van der Waals surface area contributed by atoms with Crippen molar-refractivity contribution in [1.29, 1.82) is 0 Å². The van der Waals surface area contributed by atoms with Crippen molar-refractivity contribution in [2.75, 3.05) is 46.4 Å². The van der Waals surface area contributed by atoms with E-state index in [4.69, 9.17) is 9.47 Å². The summed E-state index contributed by atoms with van der Waals surface area (Å²) in [5.74, 6) is 1.21. The number of rotatable bonds is 10. The number of aldehydes is 1. The van der Waals surface area contributed by atoms with E-state index in [2.05, 4.69) is 76.5 Å². The molecule has 0 unspecified atom stereocenters. The van der Waals surface area contributed by atoms with Gasteiger partial charge in [0.15, 0.2) is 11.5 Å². The molecule has 176 valence electrons. The van der Waals surface area contributed by atoms with E-state index in [0.29, 0.717) is 23.7 Å². The minimum atomic E-state index is 0.286. The number of nitrogens with zero attached hydrogens (tertiary/aromatic N) is 2. The van der Waals surface area contributed by atoms with Crippen LogP contribution in [0.25, 0.3) is 0 Å². The standard InChI is InChI=1S/C29H32N2O3/c1-33-28-22-24(23-32)14-15-27(28)34-21-9-8-16-30-17-19-31(20-18-30)29(25-10-4-2-5-11-25)26-12-6-3-7-13-26/h2-15,22-23,29H,16-21H2,1H3. The van der Waals surface area contributed by atoms with Gasteiger partial charge in [-0.3, -0.25) is 14.6 Å². The summed E-state index contributed by atoms with van der Waals surface area (Å²) in [6.07, 6.45) is 5.00. The van der Waals surface area contributed by atoms with E-state index in [1.54, 1.807) is 25.3 Å². The van der Waals surface area contributed by atoms with Crippen molar-refractivity contribution in [3.05, 3.63) is 108 Å². The summed E-state index contributed by atoms with van der Waals surface area (Å²) in [7, 11) is 1.58. The van der Waals surface area contributed by atoms with Gasteiger partial charge in [0.2, 0.25) is 0 Å². The number of piperazine rings is 1. The zero-order chi connectivity index (χ0) is 23.6. The minimum absolute atomic E-state index is 0.286. The zero-order valence-corrected chi connectivity index (χ0v) is 19.7. The summed E-state index contributed by atoms with van der Waals surface area (Å²) in [6, 6.07) is 27.1. The molecule has 1 heterocycles. The minimum Gasteiger partial charge on any atom is -0.493 e. The van der Waals surface area contributed by atoms with Gasteiger partial charge in [-0.25, -0.2) is 0 Å². The molecule has 5 heteroatoms. The Bertz CT molecular complexity index is 1020. The summed E-state index contributed by atoms with van der Waals surface area (Å²) >= 11 is 0. The maximum Gasteiger partial charge on any atom is 0.161 e. The lowest BCUT2D eigenvalue weighted by Gasteiger charge is -2.39. The molecule has 4 rings (SSSR count). The highest BCUT2D eigenvalue weighted by Crippen LogP contribution is 2.29. The summed E-state index contributed by atoms with van der Waals surface area (Å²) in [5, 5.41) is 0. The molecule has 0 amide bonds. The number of methoxy groups -OCH3 is 1. The third kappa shape index (κ3) is 6.13. The van der Waals surface area contributed by atoms with Gasteiger partial charge in [0, 0.05) is 38.3 Å². The summed E-state index contributed by atoms with van der Waals surface area (Å²) in [4.78, 5) is 16.0. The molecule has 1 fully saturated rings. The Morgan fingerprint density at radius 1 is 0.824 bits per heavy atom. The van der Waals surface area contributed by atoms with Gasteiger partial charge in [0.1, 0.15) is 12.9 Å². The van der Waals surface area contributed by atoms with Crippen LogP contribution in [0.1, 0.15) is 27.5 Å². The van der Waals surface area contributed by atoms with E-state index < -0.39 is 0 Å². The fourth-order valence-corrected chi connectivity index (χ4v) is 4.40. The van der Waals surface area contributed by atoms with E-state index >= 15 is 0 Å². The first kappa shape index (κ1) is 23.7. The lowest BCUT2D eigenvalue weighted by Crippen LogP contribution is -2.47. The SMILES string of the molecule is COc1cc(C=O)ccc1OCC=CCN1CCN(C(c2ccccc2)c2ccccc2)CC1. The summed E-state index contributed by atoms with van der Waals surface area (Å²) in [6.45, 7) is 5.48. The molecule has 1 aliphatic rings. The fourth-order valence-electron chi connectivity index (χ4n) is 4.40. The molecule has 3 aromatic carbocycles. The molecular weight excluding hydrogens is 424 g/mol. The maximum absolute atomic E-state index is 10.9. The van der Waals surface area contributed by atoms with Crippen molar-refractivity contribution in [3.63, 3.8) is 0 Å². The lowest BCUT2D eigenvalue weighted by molar-refractivity contribution is 0.112. The predicted octanol–water partition coefficient (Wildman–Crippen LogP) is 4.85. The highest BCUT2D eigenvalue weighted by Gasteiger charge is 2.25. The Hall–Kier alpha value is -3.41. The molecule has 1 aliphatic heterocycles. The van der Waals surface area contributed by atoms with Gasteiger partial charge in [-0.05, 0) is 29.3 Å². The first-order valence-electron chi connectivity index (χ1n) is 11.8. The zero-order valence-electron chi connectivity index (χ0n) is 19.7. The monoisotopic (exact) mass is 456 g/mol. The number of carbonyl (C=O) groups is 1. The molecule has 0 saturated carbocycles. The van der Waals surface area contributed by atoms with E-state index in [-0.39, 0.29) is 6.04 Å². The molecule has 1 saturated heterocycles.